The van der Waals surface area contributed by atoms with Crippen LogP contribution in [0.15, 0.2) is 72.6 Å². The second-order valence-electron chi connectivity index (χ2n) is 5.55. The number of benzene rings is 2. The second-order valence-corrected chi connectivity index (χ2v) is 5.98. The lowest BCUT2D eigenvalue weighted by atomic mass is 10.2. The van der Waals surface area contributed by atoms with E-state index in [1.165, 1.54) is 17.7 Å². The van der Waals surface area contributed by atoms with Crippen LogP contribution in [-0.2, 0) is 6.54 Å². The van der Waals surface area contributed by atoms with Crippen LogP contribution in [0.4, 0.5) is 10.1 Å². The summed E-state index contributed by atoms with van der Waals surface area (Å²) in [6.07, 6.45) is 6.34. The molecule has 0 unspecified atom stereocenters. The molecule has 0 spiro atoms. The van der Waals surface area contributed by atoms with Crippen LogP contribution in [0.25, 0.3) is 0 Å². The topological polar surface area (TPSA) is 6.48 Å². The van der Waals surface area contributed by atoms with Crippen LogP contribution in [0.1, 0.15) is 5.56 Å². The number of likely N-dealkylation sites (N-methyl/N-ethyl adjacent to an activating group) is 1. The molecule has 0 saturated carbocycles. The maximum atomic E-state index is 13.1. The summed E-state index contributed by atoms with van der Waals surface area (Å²) in [5, 5.41) is 0.750. The SMILES string of the molecule is CN(C1=CN(Cc2ccc(Cl)cc2)CC=C1)c1ccc(F)cc1. The highest BCUT2D eigenvalue weighted by Crippen LogP contribution is 2.21. The molecule has 0 amide bonds. The van der Waals surface area contributed by atoms with E-state index in [-0.39, 0.29) is 5.82 Å². The first kappa shape index (κ1) is 15.6. The molecule has 2 aromatic carbocycles. The molecular formula is C19H18ClFN2. The van der Waals surface area contributed by atoms with Crippen LogP contribution < -0.4 is 4.90 Å². The lowest BCUT2D eigenvalue weighted by molar-refractivity contribution is 0.401. The zero-order chi connectivity index (χ0) is 16.2. The quantitative estimate of drug-likeness (QED) is 0.793. The molecule has 2 aromatic rings. The third-order valence-electron chi connectivity index (χ3n) is 3.84. The van der Waals surface area contributed by atoms with Crippen molar-refractivity contribution >= 4 is 17.3 Å². The van der Waals surface area contributed by atoms with Crippen molar-refractivity contribution in [3.05, 3.63) is 89.0 Å². The van der Waals surface area contributed by atoms with Gasteiger partial charge in [-0.3, -0.25) is 0 Å². The molecule has 0 N–H and O–H groups in total. The van der Waals surface area contributed by atoms with E-state index in [0.29, 0.717) is 0 Å². The van der Waals surface area contributed by atoms with Crippen molar-refractivity contribution in [2.75, 3.05) is 18.5 Å². The Morgan fingerprint density at radius 3 is 2.48 bits per heavy atom. The number of allylic oxidation sites excluding steroid dienone is 1. The molecule has 1 heterocycles. The summed E-state index contributed by atoms with van der Waals surface area (Å²) < 4.78 is 13.1. The van der Waals surface area contributed by atoms with Crippen molar-refractivity contribution < 1.29 is 4.39 Å². The first-order valence-electron chi connectivity index (χ1n) is 7.48. The van der Waals surface area contributed by atoms with E-state index < -0.39 is 0 Å². The number of anilines is 1. The molecule has 4 heteroatoms. The predicted octanol–water partition coefficient (Wildman–Crippen LogP) is 4.83. The molecule has 3 rings (SSSR count). The van der Waals surface area contributed by atoms with Gasteiger partial charge in [-0.25, -0.2) is 4.39 Å². The van der Waals surface area contributed by atoms with Crippen molar-refractivity contribution in [2.24, 2.45) is 0 Å². The Hall–Kier alpha value is -2.26. The van der Waals surface area contributed by atoms with Gasteiger partial charge in [-0.2, -0.15) is 0 Å². The molecule has 2 nitrogen and oxygen atoms in total. The minimum atomic E-state index is -0.223. The van der Waals surface area contributed by atoms with E-state index in [1.807, 2.05) is 36.2 Å². The summed E-state index contributed by atoms with van der Waals surface area (Å²) in [6, 6.07) is 14.4. The Morgan fingerprint density at radius 2 is 1.78 bits per heavy atom. The Bertz CT molecular complexity index is 720. The zero-order valence-corrected chi connectivity index (χ0v) is 13.7. The summed E-state index contributed by atoms with van der Waals surface area (Å²) >= 11 is 5.93. The molecule has 0 atom stereocenters. The molecule has 118 valence electrons. The molecule has 1 aliphatic rings. The summed E-state index contributed by atoms with van der Waals surface area (Å²) in [4.78, 5) is 4.28. The number of hydrogen-bond acceptors (Lipinski definition) is 2. The van der Waals surface area contributed by atoms with E-state index in [9.17, 15) is 4.39 Å². The van der Waals surface area contributed by atoms with Crippen molar-refractivity contribution in [1.29, 1.82) is 0 Å². The summed E-state index contributed by atoms with van der Waals surface area (Å²) in [7, 11) is 1.98. The van der Waals surface area contributed by atoms with Gasteiger partial charge in [0.1, 0.15) is 5.82 Å². The van der Waals surface area contributed by atoms with Gasteiger partial charge in [0.15, 0.2) is 0 Å². The molecule has 0 bridgehead atoms. The van der Waals surface area contributed by atoms with Crippen molar-refractivity contribution in [3.8, 4) is 0 Å². The van der Waals surface area contributed by atoms with Gasteiger partial charge in [-0.1, -0.05) is 29.8 Å². The average Bonchev–Trinajstić information content (AvgIpc) is 2.57. The first-order valence-corrected chi connectivity index (χ1v) is 7.86. The van der Waals surface area contributed by atoms with Gasteiger partial charge in [0.2, 0.25) is 0 Å². The first-order chi connectivity index (χ1) is 11.1. The molecule has 1 aliphatic heterocycles. The highest BCUT2D eigenvalue weighted by molar-refractivity contribution is 6.30. The van der Waals surface area contributed by atoms with Crippen LogP contribution in [0.3, 0.4) is 0 Å². The molecular weight excluding hydrogens is 311 g/mol. The van der Waals surface area contributed by atoms with Gasteiger partial charge < -0.3 is 9.80 Å². The monoisotopic (exact) mass is 328 g/mol. The Morgan fingerprint density at radius 1 is 1.09 bits per heavy atom. The highest BCUT2D eigenvalue weighted by Gasteiger charge is 2.11. The van der Waals surface area contributed by atoms with Crippen molar-refractivity contribution in [3.63, 3.8) is 0 Å². The fraction of sp³-hybridized carbons (Fsp3) is 0.158. The Labute approximate surface area is 141 Å². The fourth-order valence-corrected chi connectivity index (χ4v) is 2.66. The van der Waals surface area contributed by atoms with Gasteiger partial charge in [-0.15, -0.1) is 0 Å². The molecule has 0 aliphatic carbocycles. The van der Waals surface area contributed by atoms with Gasteiger partial charge in [0.25, 0.3) is 0 Å². The second kappa shape index (κ2) is 6.88. The van der Waals surface area contributed by atoms with Crippen molar-refractivity contribution in [2.45, 2.75) is 6.54 Å². The van der Waals surface area contributed by atoms with E-state index in [2.05, 4.69) is 23.3 Å². The van der Waals surface area contributed by atoms with Crippen LogP contribution in [0.2, 0.25) is 5.02 Å². The lowest BCUT2D eigenvalue weighted by Gasteiger charge is -2.28. The average molecular weight is 329 g/mol. The third-order valence-corrected chi connectivity index (χ3v) is 4.10. The largest absolute Gasteiger partial charge is 0.368 e. The van der Waals surface area contributed by atoms with Gasteiger partial charge in [0, 0.05) is 37.0 Å². The fourth-order valence-electron chi connectivity index (χ4n) is 2.54. The van der Waals surface area contributed by atoms with Crippen molar-refractivity contribution in [1.82, 2.24) is 4.90 Å². The molecule has 0 saturated heterocycles. The predicted molar refractivity (Wildman–Crippen MR) is 93.9 cm³/mol. The molecule has 23 heavy (non-hydrogen) atoms. The van der Waals surface area contributed by atoms with E-state index in [0.717, 1.165) is 29.5 Å². The summed E-state index contributed by atoms with van der Waals surface area (Å²) in [5.74, 6) is -0.223. The molecule has 0 aromatic heterocycles. The van der Waals surface area contributed by atoms with E-state index in [1.54, 1.807) is 12.1 Å². The van der Waals surface area contributed by atoms with Crippen LogP contribution in [0, 0.1) is 5.82 Å². The van der Waals surface area contributed by atoms with Crippen LogP contribution >= 0.6 is 11.6 Å². The summed E-state index contributed by atoms with van der Waals surface area (Å²) in [6.45, 7) is 1.69. The Kier molecular flexibility index (Phi) is 4.68. The summed E-state index contributed by atoms with van der Waals surface area (Å²) in [5.41, 5.74) is 3.23. The number of nitrogens with zero attached hydrogens (tertiary/aromatic N) is 2. The Balaban J connectivity index is 1.74. The van der Waals surface area contributed by atoms with Gasteiger partial charge in [0.05, 0.1) is 5.70 Å². The lowest BCUT2D eigenvalue weighted by Crippen LogP contribution is -2.25. The maximum absolute atomic E-state index is 13.1. The minimum Gasteiger partial charge on any atom is -0.368 e. The normalized spacial score (nSPS) is 13.9. The number of rotatable bonds is 4. The van der Waals surface area contributed by atoms with Crippen LogP contribution in [0.5, 0.6) is 0 Å². The van der Waals surface area contributed by atoms with Gasteiger partial charge >= 0.3 is 0 Å². The van der Waals surface area contributed by atoms with E-state index >= 15 is 0 Å². The molecule has 0 fully saturated rings. The van der Waals surface area contributed by atoms with E-state index in [4.69, 9.17) is 11.6 Å². The minimum absolute atomic E-state index is 0.223. The standard InChI is InChI=1S/C19H18ClFN2/c1-22(18-10-8-17(21)9-11-18)19-3-2-12-23(14-19)13-15-4-6-16(20)7-5-15/h2-11,14H,12-13H2,1H3. The zero-order valence-electron chi connectivity index (χ0n) is 12.9. The maximum Gasteiger partial charge on any atom is 0.123 e. The number of hydrogen-bond donors (Lipinski definition) is 0. The molecule has 0 radical (unpaired) electrons. The van der Waals surface area contributed by atoms with Gasteiger partial charge in [-0.05, 0) is 48.0 Å². The van der Waals surface area contributed by atoms with Crippen LogP contribution in [-0.4, -0.2) is 18.5 Å². The smallest absolute Gasteiger partial charge is 0.123 e. The highest BCUT2D eigenvalue weighted by atomic mass is 35.5. The number of halogens is 2. The third kappa shape index (κ3) is 3.93.